The van der Waals surface area contributed by atoms with Crippen LogP contribution in [0.5, 0.6) is 0 Å². The molecule has 0 spiro atoms. The Morgan fingerprint density at radius 3 is 2.12 bits per heavy atom. The average Bonchev–Trinajstić information content (AvgIpc) is 3.56. The van der Waals surface area contributed by atoms with Crippen LogP contribution in [0.4, 0.5) is 0 Å². The standard InChI is InChI=1S/C44H30BrN3/c45-43-34-21-11-10-20-33(34)42(37-26-35(29-14-4-1-5-15-29)36(27-38(37)43)30-16-6-2-7-17-30)40-25-24-31(28-46-40)44-47-39-22-12-13-23-41(39)48(44)32-18-8-3-9-19-32/h1-4,6-14,16-28H,5,15H2. The minimum absolute atomic E-state index is 0.874. The van der Waals surface area contributed by atoms with E-state index in [0.717, 1.165) is 56.7 Å². The molecule has 6 aromatic carbocycles. The summed E-state index contributed by atoms with van der Waals surface area (Å²) in [5.41, 5.74) is 11.2. The van der Waals surface area contributed by atoms with E-state index in [1.165, 1.54) is 43.8 Å². The molecule has 4 heteroatoms. The number of rotatable bonds is 5. The summed E-state index contributed by atoms with van der Waals surface area (Å²) in [6.07, 6.45) is 10.8. The maximum Gasteiger partial charge on any atom is 0.147 e. The first-order valence-corrected chi connectivity index (χ1v) is 17.1. The Morgan fingerprint density at radius 1 is 0.625 bits per heavy atom. The first-order chi connectivity index (χ1) is 23.7. The van der Waals surface area contributed by atoms with Crippen molar-refractivity contribution < 1.29 is 0 Å². The van der Waals surface area contributed by atoms with Gasteiger partial charge in [0.1, 0.15) is 5.82 Å². The van der Waals surface area contributed by atoms with Gasteiger partial charge in [-0.05, 0) is 121 Å². The van der Waals surface area contributed by atoms with Crippen molar-refractivity contribution in [2.24, 2.45) is 0 Å². The maximum atomic E-state index is 5.19. The van der Waals surface area contributed by atoms with Crippen LogP contribution in [-0.2, 0) is 0 Å². The number of fused-ring (bicyclic) bond motifs is 3. The molecule has 3 nitrogen and oxygen atoms in total. The summed E-state index contributed by atoms with van der Waals surface area (Å²) in [5, 5.41) is 4.70. The minimum Gasteiger partial charge on any atom is -0.292 e. The van der Waals surface area contributed by atoms with Crippen LogP contribution in [0.2, 0.25) is 0 Å². The highest BCUT2D eigenvalue weighted by atomic mass is 79.9. The molecule has 9 rings (SSSR count). The molecule has 2 aromatic heterocycles. The SMILES string of the molecule is Brc1c2ccccc2c(-c2ccc(-c3nc4ccccc4n3-c3ccccc3)cn2)c2cc(C3=CC=CCC3)c(-c3ccccc3)cc12. The summed E-state index contributed by atoms with van der Waals surface area (Å²) in [6, 6.07) is 47.2. The lowest BCUT2D eigenvalue weighted by Crippen LogP contribution is -1.98. The van der Waals surface area contributed by atoms with Crippen molar-refractivity contribution in [3.05, 3.63) is 168 Å². The number of allylic oxidation sites excluding steroid dienone is 4. The Hall–Kier alpha value is -5.58. The summed E-state index contributed by atoms with van der Waals surface area (Å²) < 4.78 is 3.33. The molecule has 1 aliphatic rings. The summed E-state index contributed by atoms with van der Waals surface area (Å²) in [5.74, 6) is 0.874. The van der Waals surface area contributed by atoms with E-state index in [4.69, 9.17) is 9.97 Å². The van der Waals surface area contributed by atoms with Gasteiger partial charge in [0, 0.05) is 27.5 Å². The molecule has 0 saturated carbocycles. The minimum atomic E-state index is 0.874. The fourth-order valence-electron chi connectivity index (χ4n) is 7.13. The van der Waals surface area contributed by atoms with E-state index in [1.54, 1.807) is 0 Å². The zero-order valence-corrected chi connectivity index (χ0v) is 27.7. The van der Waals surface area contributed by atoms with E-state index in [1.807, 2.05) is 18.3 Å². The second-order valence-corrected chi connectivity index (χ2v) is 13.0. The van der Waals surface area contributed by atoms with Gasteiger partial charge in [-0.2, -0.15) is 0 Å². The first kappa shape index (κ1) is 28.6. The van der Waals surface area contributed by atoms with Gasteiger partial charge in [0.05, 0.1) is 16.7 Å². The van der Waals surface area contributed by atoms with Crippen LogP contribution >= 0.6 is 15.9 Å². The number of benzene rings is 6. The topological polar surface area (TPSA) is 30.7 Å². The Labute approximate surface area is 287 Å². The van der Waals surface area contributed by atoms with Gasteiger partial charge in [-0.15, -0.1) is 0 Å². The van der Waals surface area contributed by atoms with E-state index in [0.29, 0.717) is 0 Å². The van der Waals surface area contributed by atoms with Crippen molar-refractivity contribution in [3.63, 3.8) is 0 Å². The van der Waals surface area contributed by atoms with Crippen LogP contribution in [0.3, 0.4) is 0 Å². The normalized spacial score (nSPS) is 13.0. The predicted molar refractivity (Wildman–Crippen MR) is 204 cm³/mol. The molecular weight excluding hydrogens is 650 g/mol. The van der Waals surface area contributed by atoms with Crippen LogP contribution in [0, 0.1) is 0 Å². The lowest BCUT2D eigenvalue weighted by atomic mass is 9.85. The summed E-state index contributed by atoms with van der Waals surface area (Å²) in [4.78, 5) is 10.3. The van der Waals surface area contributed by atoms with Crippen LogP contribution < -0.4 is 0 Å². The number of para-hydroxylation sites is 3. The molecule has 0 fully saturated rings. The molecule has 0 N–H and O–H groups in total. The number of pyridine rings is 1. The fourth-order valence-corrected chi connectivity index (χ4v) is 7.80. The van der Waals surface area contributed by atoms with E-state index in [9.17, 15) is 0 Å². The molecule has 0 bridgehead atoms. The van der Waals surface area contributed by atoms with Crippen molar-refractivity contribution in [1.82, 2.24) is 14.5 Å². The summed E-state index contributed by atoms with van der Waals surface area (Å²) in [6.45, 7) is 0. The third-order valence-corrected chi connectivity index (χ3v) is 10.2. The van der Waals surface area contributed by atoms with Crippen molar-refractivity contribution in [1.29, 1.82) is 0 Å². The van der Waals surface area contributed by atoms with Gasteiger partial charge in [0.2, 0.25) is 0 Å². The largest absolute Gasteiger partial charge is 0.292 e. The summed E-state index contributed by atoms with van der Waals surface area (Å²) >= 11 is 4.05. The molecule has 0 atom stereocenters. The molecular formula is C44H30BrN3. The Bertz CT molecular complexity index is 2540. The van der Waals surface area contributed by atoms with Gasteiger partial charge >= 0.3 is 0 Å². The lowest BCUT2D eigenvalue weighted by Gasteiger charge is -2.20. The molecule has 0 aliphatic heterocycles. The lowest BCUT2D eigenvalue weighted by molar-refractivity contribution is 1.05. The number of hydrogen-bond donors (Lipinski definition) is 0. The Morgan fingerprint density at radius 2 is 1.35 bits per heavy atom. The third kappa shape index (κ3) is 4.80. The molecule has 228 valence electrons. The van der Waals surface area contributed by atoms with E-state index in [-0.39, 0.29) is 0 Å². The predicted octanol–water partition coefficient (Wildman–Crippen LogP) is 12.2. The maximum absolute atomic E-state index is 5.19. The molecule has 1 aliphatic carbocycles. The second kappa shape index (κ2) is 11.9. The van der Waals surface area contributed by atoms with Crippen LogP contribution in [0.15, 0.2) is 162 Å². The fraction of sp³-hybridized carbons (Fsp3) is 0.0455. The number of hydrogen-bond acceptors (Lipinski definition) is 2. The van der Waals surface area contributed by atoms with Crippen LogP contribution in [0.25, 0.3) is 77.6 Å². The number of aromatic nitrogens is 3. The quantitative estimate of drug-likeness (QED) is 0.169. The smallest absolute Gasteiger partial charge is 0.147 e. The number of halogens is 1. The Balaban J connectivity index is 1.28. The van der Waals surface area contributed by atoms with Gasteiger partial charge in [-0.25, -0.2) is 4.98 Å². The monoisotopic (exact) mass is 679 g/mol. The molecule has 8 aromatic rings. The van der Waals surface area contributed by atoms with Gasteiger partial charge in [-0.3, -0.25) is 9.55 Å². The molecule has 0 radical (unpaired) electrons. The highest BCUT2D eigenvalue weighted by Crippen LogP contribution is 2.45. The van der Waals surface area contributed by atoms with Crippen LogP contribution in [-0.4, -0.2) is 14.5 Å². The van der Waals surface area contributed by atoms with Crippen LogP contribution in [0.1, 0.15) is 18.4 Å². The van der Waals surface area contributed by atoms with Crippen molar-refractivity contribution >= 4 is 54.1 Å². The Kier molecular flexibility index (Phi) is 7.10. The zero-order valence-electron chi connectivity index (χ0n) is 26.1. The molecule has 48 heavy (non-hydrogen) atoms. The van der Waals surface area contributed by atoms with E-state index >= 15 is 0 Å². The third-order valence-electron chi connectivity index (χ3n) is 9.39. The number of imidazole rings is 1. The molecule has 2 heterocycles. The highest BCUT2D eigenvalue weighted by Gasteiger charge is 2.21. The first-order valence-electron chi connectivity index (χ1n) is 16.3. The second-order valence-electron chi connectivity index (χ2n) is 12.2. The van der Waals surface area contributed by atoms with Crippen molar-refractivity contribution in [2.75, 3.05) is 0 Å². The van der Waals surface area contributed by atoms with Gasteiger partial charge in [-0.1, -0.05) is 103 Å². The van der Waals surface area contributed by atoms with E-state index in [2.05, 4.69) is 160 Å². The average molecular weight is 681 g/mol. The van der Waals surface area contributed by atoms with Crippen molar-refractivity contribution in [2.45, 2.75) is 12.8 Å². The highest BCUT2D eigenvalue weighted by molar-refractivity contribution is 9.10. The zero-order chi connectivity index (χ0) is 32.0. The molecule has 0 saturated heterocycles. The molecule has 0 amide bonds. The van der Waals surface area contributed by atoms with Crippen molar-refractivity contribution in [3.8, 4) is 39.5 Å². The molecule has 0 unspecified atom stereocenters. The summed E-state index contributed by atoms with van der Waals surface area (Å²) in [7, 11) is 0. The van der Waals surface area contributed by atoms with Gasteiger partial charge in [0.15, 0.2) is 0 Å². The van der Waals surface area contributed by atoms with E-state index < -0.39 is 0 Å². The number of nitrogens with zero attached hydrogens (tertiary/aromatic N) is 3. The van der Waals surface area contributed by atoms with Gasteiger partial charge in [0.25, 0.3) is 0 Å². The van der Waals surface area contributed by atoms with Gasteiger partial charge < -0.3 is 0 Å².